The summed E-state index contributed by atoms with van der Waals surface area (Å²) in [6, 6.07) is 1.02. The number of methoxy groups -OCH3 is 1. The van der Waals surface area contributed by atoms with Crippen LogP contribution in [0.3, 0.4) is 0 Å². The number of aromatic nitrogens is 2. The number of hydrogen-bond donors (Lipinski definition) is 1. The monoisotopic (exact) mass is 511 g/mol. The Hall–Kier alpha value is -1.63. The van der Waals surface area contributed by atoms with Crippen LogP contribution < -0.4 is 39.2 Å². The molecular weight excluding hydrogens is 481 g/mol. The first-order valence-electron chi connectivity index (χ1n) is 11.8. The van der Waals surface area contributed by atoms with Crippen molar-refractivity contribution in [1.29, 1.82) is 0 Å². The maximum absolute atomic E-state index is 13.5. The van der Waals surface area contributed by atoms with E-state index in [-0.39, 0.29) is 42.3 Å². The van der Waals surface area contributed by atoms with Crippen molar-refractivity contribution in [2.75, 3.05) is 29.9 Å². The Balaban J connectivity index is 0.00000289. The number of ether oxygens (including phenoxy) is 2. The Labute approximate surface area is 228 Å². The van der Waals surface area contributed by atoms with Crippen molar-refractivity contribution < 1.29 is 52.2 Å². The van der Waals surface area contributed by atoms with Gasteiger partial charge in [-0.1, -0.05) is 6.07 Å². The standard InChI is InChI=1S/C23H31N5O5S.Na/c1-32-15-27-14-19(13-24-27)28(18-8-10-33-11-9-18)34(30,31)26-23(29)25-22-20-6-2-4-16(20)12-17-5-3-7-21(17)22;/h12-14,18H,2-11,15H2,1H3,(H2,25,26,29);/q;+1/p-1. The summed E-state index contributed by atoms with van der Waals surface area (Å²) in [4.78, 5) is 13.0. The van der Waals surface area contributed by atoms with E-state index >= 15 is 0 Å². The zero-order valence-electron chi connectivity index (χ0n) is 20.3. The minimum absolute atomic E-state index is 0. The van der Waals surface area contributed by atoms with E-state index in [1.54, 1.807) is 6.20 Å². The molecule has 1 aromatic carbocycles. The normalized spacial score (nSPS) is 17.4. The van der Waals surface area contributed by atoms with E-state index in [2.05, 4.69) is 21.2 Å². The number of carbonyl (C=O) groups is 1. The summed E-state index contributed by atoms with van der Waals surface area (Å²) >= 11 is 0. The summed E-state index contributed by atoms with van der Waals surface area (Å²) in [6.07, 6.45) is 9.89. The van der Waals surface area contributed by atoms with Crippen molar-refractivity contribution in [1.82, 2.24) is 9.78 Å². The van der Waals surface area contributed by atoms with Crippen molar-refractivity contribution in [2.45, 2.75) is 64.1 Å². The van der Waals surface area contributed by atoms with Crippen LogP contribution in [0.15, 0.2) is 18.5 Å². The predicted octanol–water partition coefficient (Wildman–Crippen LogP) is 0.304. The quantitative estimate of drug-likeness (QED) is 0.535. The molecule has 0 unspecified atom stereocenters. The van der Waals surface area contributed by atoms with Gasteiger partial charge in [-0.15, -0.1) is 0 Å². The van der Waals surface area contributed by atoms with E-state index in [4.69, 9.17) is 9.47 Å². The second-order valence-corrected chi connectivity index (χ2v) is 10.5. The molecule has 1 N–H and O–H groups in total. The topological polar surface area (TPSA) is 117 Å². The van der Waals surface area contributed by atoms with E-state index in [0.717, 1.165) is 55.3 Å². The molecule has 2 aliphatic carbocycles. The molecule has 1 aliphatic heterocycles. The minimum Gasteiger partial charge on any atom is -0.423 e. The van der Waals surface area contributed by atoms with Gasteiger partial charge in [0.2, 0.25) is 0 Å². The number of benzene rings is 1. The summed E-state index contributed by atoms with van der Waals surface area (Å²) in [7, 11) is -2.79. The average Bonchev–Trinajstić information content (AvgIpc) is 3.55. The summed E-state index contributed by atoms with van der Waals surface area (Å²) in [5.74, 6) is 0. The maximum atomic E-state index is 13.5. The van der Waals surface area contributed by atoms with Crippen LogP contribution in [0.1, 0.15) is 47.9 Å². The number of carbonyl (C=O) groups excluding carboxylic acids is 1. The van der Waals surface area contributed by atoms with Crippen LogP contribution >= 0.6 is 0 Å². The Morgan fingerprint density at radius 3 is 2.49 bits per heavy atom. The van der Waals surface area contributed by atoms with Gasteiger partial charge in [0, 0.05) is 26.4 Å². The van der Waals surface area contributed by atoms with E-state index in [0.29, 0.717) is 31.7 Å². The fourth-order valence-electron chi connectivity index (χ4n) is 5.37. The SMILES string of the molecule is COCn1cc(N(C2CCOCC2)S(=O)(=O)[N-]C(=O)Nc2c3c(cc4c2CCC4)CCC3)cn1.[Na+]. The molecule has 2 aromatic rings. The van der Waals surface area contributed by atoms with Gasteiger partial charge in [-0.05, 0) is 79.3 Å². The van der Waals surface area contributed by atoms with Gasteiger partial charge in [0.1, 0.15) is 6.73 Å². The van der Waals surface area contributed by atoms with Gasteiger partial charge in [0.25, 0.3) is 10.2 Å². The Morgan fingerprint density at radius 2 is 1.86 bits per heavy atom. The van der Waals surface area contributed by atoms with Crippen LogP contribution in [0, 0.1) is 0 Å². The second kappa shape index (κ2) is 11.2. The molecule has 1 saturated heterocycles. The minimum atomic E-state index is -4.33. The number of nitrogens with zero attached hydrogens (tertiary/aromatic N) is 4. The molecule has 2 heterocycles. The third kappa shape index (κ3) is 5.55. The summed E-state index contributed by atoms with van der Waals surface area (Å²) in [5, 5.41) is 7.03. The van der Waals surface area contributed by atoms with Crippen molar-refractivity contribution in [2.24, 2.45) is 0 Å². The summed E-state index contributed by atoms with van der Waals surface area (Å²) in [6.45, 7) is 1.07. The molecule has 2 amide bonds. The van der Waals surface area contributed by atoms with E-state index in [1.807, 2.05) is 0 Å². The number of nitrogens with one attached hydrogen (secondary N) is 1. The average molecular weight is 512 g/mol. The third-order valence-corrected chi connectivity index (χ3v) is 8.21. The first kappa shape index (κ1) is 26.4. The van der Waals surface area contributed by atoms with Crippen LogP contribution in [0.2, 0.25) is 0 Å². The molecule has 10 nitrogen and oxygen atoms in total. The molecule has 0 bridgehead atoms. The summed E-state index contributed by atoms with van der Waals surface area (Å²) in [5.41, 5.74) is 5.90. The molecule has 0 radical (unpaired) electrons. The van der Waals surface area contributed by atoms with E-state index in [9.17, 15) is 13.2 Å². The number of rotatable bonds is 7. The van der Waals surface area contributed by atoms with Crippen LogP contribution in [0.4, 0.5) is 16.2 Å². The zero-order chi connectivity index (χ0) is 23.7. The molecule has 1 aromatic heterocycles. The summed E-state index contributed by atoms with van der Waals surface area (Å²) < 4.78 is 43.8. The van der Waals surface area contributed by atoms with Crippen LogP contribution in [0.25, 0.3) is 4.72 Å². The molecule has 5 rings (SSSR count). The Bertz CT molecular complexity index is 1150. The first-order valence-corrected chi connectivity index (χ1v) is 13.2. The van der Waals surface area contributed by atoms with Crippen molar-refractivity contribution in [3.05, 3.63) is 45.4 Å². The fourth-order valence-corrected chi connectivity index (χ4v) is 6.66. The number of anilines is 2. The largest absolute Gasteiger partial charge is 1.00 e. The Kier molecular flexibility index (Phi) is 8.45. The molecular formula is C23H30N5NaO5S. The molecule has 0 atom stereocenters. The van der Waals surface area contributed by atoms with E-state index < -0.39 is 16.2 Å². The van der Waals surface area contributed by atoms with Crippen LogP contribution in [0.5, 0.6) is 0 Å². The second-order valence-electron chi connectivity index (χ2n) is 9.03. The molecule has 12 heteroatoms. The number of aryl methyl sites for hydroxylation is 2. The smallest absolute Gasteiger partial charge is 0.423 e. The van der Waals surface area contributed by atoms with Gasteiger partial charge < -0.3 is 19.5 Å². The van der Waals surface area contributed by atoms with E-state index in [1.165, 1.54) is 33.4 Å². The molecule has 0 spiro atoms. The number of hydrogen-bond acceptors (Lipinski definition) is 6. The number of fused-ring (bicyclic) bond motifs is 2. The van der Waals surface area contributed by atoms with Gasteiger partial charge >= 0.3 is 29.6 Å². The Morgan fingerprint density at radius 1 is 1.20 bits per heavy atom. The molecule has 35 heavy (non-hydrogen) atoms. The van der Waals surface area contributed by atoms with Gasteiger partial charge in [0.05, 0.1) is 18.1 Å². The molecule has 0 saturated carbocycles. The van der Waals surface area contributed by atoms with Gasteiger partial charge in [0.15, 0.2) is 6.03 Å². The van der Waals surface area contributed by atoms with Gasteiger partial charge in [-0.2, -0.15) is 5.10 Å². The van der Waals surface area contributed by atoms with Crippen LogP contribution in [-0.2, 0) is 52.1 Å². The van der Waals surface area contributed by atoms with Gasteiger partial charge in [-0.3, -0.25) is 9.10 Å². The van der Waals surface area contributed by atoms with Crippen molar-refractivity contribution in [3.8, 4) is 0 Å². The maximum Gasteiger partial charge on any atom is 1.00 e. The fraction of sp³-hybridized carbons (Fsp3) is 0.565. The number of urea groups is 1. The van der Waals surface area contributed by atoms with Crippen LogP contribution in [-0.4, -0.2) is 50.6 Å². The first-order chi connectivity index (χ1) is 16.5. The van der Waals surface area contributed by atoms with Crippen molar-refractivity contribution >= 4 is 27.6 Å². The number of amides is 2. The molecule has 1 fully saturated rings. The van der Waals surface area contributed by atoms with Gasteiger partial charge in [-0.25, -0.2) is 13.1 Å². The van der Waals surface area contributed by atoms with Crippen molar-refractivity contribution in [3.63, 3.8) is 0 Å². The zero-order valence-corrected chi connectivity index (χ0v) is 23.1. The molecule has 184 valence electrons. The predicted molar refractivity (Wildman–Crippen MR) is 127 cm³/mol. The molecule has 3 aliphatic rings. The third-order valence-electron chi connectivity index (χ3n) is 6.81.